The third-order valence-corrected chi connectivity index (χ3v) is 5.12. The van der Waals surface area contributed by atoms with Gasteiger partial charge in [-0.2, -0.15) is 0 Å². The highest BCUT2D eigenvalue weighted by Crippen LogP contribution is 2.28. The molecule has 0 saturated carbocycles. The lowest BCUT2D eigenvalue weighted by atomic mass is 10.1. The summed E-state index contributed by atoms with van der Waals surface area (Å²) in [5.41, 5.74) is 0.689. The highest BCUT2D eigenvalue weighted by molar-refractivity contribution is 7.90. The van der Waals surface area contributed by atoms with Gasteiger partial charge in [-0.05, 0) is 25.8 Å². The third-order valence-electron chi connectivity index (χ3n) is 4.01. The number of sulfone groups is 1. The van der Waals surface area contributed by atoms with E-state index in [-0.39, 0.29) is 10.8 Å². The molecule has 2 saturated heterocycles. The number of hydrogen-bond acceptors (Lipinski definition) is 6. The monoisotopic (exact) mass is 296 g/mol. The van der Waals surface area contributed by atoms with Crippen LogP contribution < -0.4 is 10.2 Å². The van der Waals surface area contributed by atoms with E-state index in [4.69, 9.17) is 0 Å². The van der Waals surface area contributed by atoms with Gasteiger partial charge >= 0.3 is 0 Å². The average molecular weight is 296 g/mol. The molecule has 3 heterocycles. The molecule has 2 aliphatic rings. The highest BCUT2D eigenvalue weighted by atomic mass is 32.2. The summed E-state index contributed by atoms with van der Waals surface area (Å²) in [5.74, 6) is 0.848. The van der Waals surface area contributed by atoms with E-state index >= 15 is 0 Å². The molecular formula is C13H20N4O2S. The van der Waals surface area contributed by atoms with Gasteiger partial charge in [0, 0.05) is 31.8 Å². The van der Waals surface area contributed by atoms with Crippen LogP contribution in [0.1, 0.15) is 30.9 Å². The number of anilines is 1. The molecule has 0 spiro atoms. The zero-order valence-corrected chi connectivity index (χ0v) is 12.5. The number of hydrogen-bond donors (Lipinski definition) is 1. The molecular weight excluding hydrogens is 276 g/mol. The van der Waals surface area contributed by atoms with Gasteiger partial charge in [-0.25, -0.2) is 18.4 Å². The second-order valence-electron chi connectivity index (χ2n) is 5.58. The summed E-state index contributed by atoms with van der Waals surface area (Å²) in [6.45, 7) is 3.62. The minimum Gasteiger partial charge on any atom is -0.341 e. The van der Waals surface area contributed by atoms with E-state index in [1.165, 1.54) is 12.5 Å². The molecule has 1 aromatic heterocycles. The summed E-state index contributed by atoms with van der Waals surface area (Å²) >= 11 is 0. The maximum atomic E-state index is 11.9. The molecule has 7 heteroatoms. The van der Waals surface area contributed by atoms with E-state index in [2.05, 4.69) is 20.2 Å². The lowest BCUT2D eigenvalue weighted by Gasteiger charge is -2.19. The first kappa shape index (κ1) is 13.8. The van der Waals surface area contributed by atoms with Crippen LogP contribution in [-0.2, 0) is 9.84 Å². The molecule has 2 fully saturated rings. The Balaban J connectivity index is 2.02. The van der Waals surface area contributed by atoms with Gasteiger partial charge in [-0.3, -0.25) is 0 Å². The Morgan fingerprint density at radius 3 is 2.70 bits per heavy atom. The van der Waals surface area contributed by atoms with Gasteiger partial charge in [0.25, 0.3) is 0 Å². The summed E-state index contributed by atoms with van der Waals surface area (Å²) in [5, 5.41) is 3.27. The van der Waals surface area contributed by atoms with E-state index in [1.54, 1.807) is 0 Å². The smallest absolute Gasteiger partial charge is 0.225 e. The third kappa shape index (κ3) is 2.64. The molecule has 1 unspecified atom stereocenters. The Morgan fingerprint density at radius 1 is 1.35 bits per heavy atom. The first-order valence-corrected chi connectivity index (χ1v) is 8.97. The zero-order chi connectivity index (χ0) is 14.2. The molecule has 2 aliphatic heterocycles. The molecule has 0 radical (unpaired) electrons. The van der Waals surface area contributed by atoms with E-state index in [0.29, 0.717) is 11.6 Å². The zero-order valence-electron chi connectivity index (χ0n) is 11.7. The lowest BCUT2D eigenvalue weighted by molar-refractivity contribution is 0.595. The molecule has 6 nitrogen and oxygen atoms in total. The largest absolute Gasteiger partial charge is 0.341 e. The van der Waals surface area contributed by atoms with Gasteiger partial charge in [0.1, 0.15) is 4.90 Å². The van der Waals surface area contributed by atoms with Crippen LogP contribution in [-0.4, -0.2) is 50.8 Å². The van der Waals surface area contributed by atoms with Crippen molar-refractivity contribution < 1.29 is 8.42 Å². The van der Waals surface area contributed by atoms with Crippen LogP contribution >= 0.6 is 0 Å². The van der Waals surface area contributed by atoms with Crippen LogP contribution in [0.15, 0.2) is 11.1 Å². The van der Waals surface area contributed by atoms with Crippen LogP contribution in [0, 0.1) is 0 Å². The van der Waals surface area contributed by atoms with Crippen molar-refractivity contribution in [1.29, 1.82) is 0 Å². The fraction of sp³-hybridized carbons (Fsp3) is 0.692. The molecule has 20 heavy (non-hydrogen) atoms. The van der Waals surface area contributed by atoms with Crippen LogP contribution in [0.25, 0.3) is 0 Å². The Morgan fingerprint density at radius 2 is 2.10 bits per heavy atom. The summed E-state index contributed by atoms with van der Waals surface area (Å²) in [4.78, 5) is 11.3. The van der Waals surface area contributed by atoms with E-state index in [9.17, 15) is 8.42 Å². The minimum absolute atomic E-state index is 0.170. The molecule has 0 amide bonds. The first-order chi connectivity index (χ1) is 9.55. The van der Waals surface area contributed by atoms with E-state index in [0.717, 1.165) is 45.4 Å². The standard InChI is InChI=1S/C13H20N4O2S/c1-20(18,19)11-9-15-13(17-6-2-3-7-17)16-12(11)10-4-5-14-8-10/h9-10,14H,2-8H2,1H3. The molecule has 0 aromatic carbocycles. The van der Waals surface area contributed by atoms with Crippen LogP contribution in [0.3, 0.4) is 0 Å². The fourth-order valence-electron chi connectivity index (χ4n) is 2.91. The average Bonchev–Trinajstić information content (AvgIpc) is 3.10. The van der Waals surface area contributed by atoms with Crippen LogP contribution in [0.5, 0.6) is 0 Å². The Kier molecular flexibility index (Phi) is 3.64. The quantitative estimate of drug-likeness (QED) is 0.878. The number of rotatable bonds is 3. The molecule has 0 bridgehead atoms. The van der Waals surface area contributed by atoms with E-state index < -0.39 is 9.84 Å². The van der Waals surface area contributed by atoms with Crippen molar-refractivity contribution in [3.8, 4) is 0 Å². The van der Waals surface area contributed by atoms with Gasteiger partial charge in [0.2, 0.25) is 5.95 Å². The van der Waals surface area contributed by atoms with Crippen molar-refractivity contribution in [3.05, 3.63) is 11.9 Å². The normalized spacial score (nSPS) is 23.4. The predicted molar refractivity (Wildman–Crippen MR) is 76.8 cm³/mol. The first-order valence-electron chi connectivity index (χ1n) is 7.08. The van der Waals surface area contributed by atoms with Crippen molar-refractivity contribution in [2.75, 3.05) is 37.3 Å². The molecule has 3 rings (SSSR count). The SMILES string of the molecule is CS(=O)(=O)c1cnc(N2CCCC2)nc1C1CCNC1. The minimum atomic E-state index is -3.28. The van der Waals surface area contributed by atoms with Gasteiger partial charge in [0.15, 0.2) is 9.84 Å². The Bertz CT molecular complexity index is 590. The molecule has 1 aromatic rings. The maximum absolute atomic E-state index is 11.9. The van der Waals surface area contributed by atoms with Crippen molar-refractivity contribution in [1.82, 2.24) is 15.3 Å². The number of aromatic nitrogens is 2. The van der Waals surface area contributed by atoms with Gasteiger partial charge in [-0.15, -0.1) is 0 Å². The van der Waals surface area contributed by atoms with Crippen molar-refractivity contribution in [2.24, 2.45) is 0 Å². The van der Waals surface area contributed by atoms with Crippen molar-refractivity contribution in [2.45, 2.75) is 30.1 Å². The second kappa shape index (κ2) is 5.29. The van der Waals surface area contributed by atoms with Gasteiger partial charge in [-0.1, -0.05) is 0 Å². The van der Waals surface area contributed by atoms with Crippen LogP contribution in [0.4, 0.5) is 5.95 Å². The maximum Gasteiger partial charge on any atom is 0.225 e. The number of nitrogens with one attached hydrogen (secondary N) is 1. The number of nitrogens with zero attached hydrogens (tertiary/aromatic N) is 3. The fourth-order valence-corrected chi connectivity index (χ4v) is 3.75. The Hall–Kier alpha value is -1.21. The lowest BCUT2D eigenvalue weighted by Crippen LogP contribution is -2.23. The van der Waals surface area contributed by atoms with Crippen molar-refractivity contribution >= 4 is 15.8 Å². The molecule has 1 atom stereocenters. The summed E-state index contributed by atoms with van der Waals surface area (Å²) in [7, 11) is -3.28. The molecule has 0 aliphatic carbocycles. The Labute approximate surface area is 119 Å². The molecule has 110 valence electrons. The topological polar surface area (TPSA) is 75.2 Å². The summed E-state index contributed by atoms with van der Waals surface area (Å²) in [6, 6.07) is 0. The summed E-state index contributed by atoms with van der Waals surface area (Å²) < 4.78 is 23.9. The molecule has 1 N–H and O–H groups in total. The van der Waals surface area contributed by atoms with E-state index in [1.807, 2.05) is 0 Å². The van der Waals surface area contributed by atoms with Crippen molar-refractivity contribution in [3.63, 3.8) is 0 Å². The van der Waals surface area contributed by atoms with Gasteiger partial charge < -0.3 is 10.2 Å². The predicted octanol–water partition coefficient (Wildman–Crippen LogP) is 0.557. The second-order valence-corrected chi connectivity index (χ2v) is 7.56. The van der Waals surface area contributed by atoms with Gasteiger partial charge in [0.05, 0.1) is 11.9 Å². The summed E-state index contributed by atoms with van der Waals surface area (Å²) in [6.07, 6.45) is 5.95. The highest BCUT2D eigenvalue weighted by Gasteiger charge is 2.27. The van der Waals surface area contributed by atoms with Crippen LogP contribution in [0.2, 0.25) is 0 Å².